The minimum atomic E-state index is -0.247. The third kappa shape index (κ3) is 3.51. The number of amides is 2. The summed E-state index contributed by atoms with van der Waals surface area (Å²) in [5.74, 6) is -0.178. The van der Waals surface area contributed by atoms with Crippen molar-refractivity contribution in [2.24, 2.45) is 5.92 Å². The lowest BCUT2D eigenvalue weighted by atomic mass is 9.96. The van der Waals surface area contributed by atoms with E-state index in [-0.39, 0.29) is 29.0 Å². The van der Waals surface area contributed by atoms with Crippen molar-refractivity contribution in [3.63, 3.8) is 0 Å². The summed E-state index contributed by atoms with van der Waals surface area (Å²) < 4.78 is 13.1. The zero-order chi connectivity index (χ0) is 18.3. The molecule has 2 fully saturated rings. The van der Waals surface area contributed by atoms with Gasteiger partial charge in [-0.05, 0) is 61.9 Å². The van der Waals surface area contributed by atoms with Crippen LogP contribution in [0.25, 0.3) is 0 Å². The molecule has 1 heterocycles. The molecule has 26 heavy (non-hydrogen) atoms. The maximum atomic E-state index is 13.1. The van der Waals surface area contributed by atoms with Crippen LogP contribution in [0.3, 0.4) is 0 Å². The fourth-order valence-electron chi connectivity index (χ4n) is 3.19. The van der Waals surface area contributed by atoms with Gasteiger partial charge in [-0.2, -0.15) is 0 Å². The number of thiophene rings is 1. The molecule has 1 aromatic carbocycles. The third-order valence-electron chi connectivity index (χ3n) is 5.22. The first-order valence-electron chi connectivity index (χ1n) is 8.92. The van der Waals surface area contributed by atoms with Crippen LogP contribution in [0.15, 0.2) is 30.3 Å². The Morgan fingerprint density at radius 2 is 1.92 bits per heavy atom. The molecule has 2 aliphatic rings. The van der Waals surface area contributed by atoms with Crippen LogP contribution in [0.5, 0.6) is 0 Å². The van der Waals surface area contributed by atoms with E-state index in [0.29, 0.717) is 11.4 Å². The zero-order valence-corrected chi connectivity index (χ0v) is 15.4. The molecule has 136 valence electrons. The van der Waals surface area contributed by atoms with Crippen LogP contribution in [0.2, 0.25) is 0 Å². The van der Waals surface area contributed by atoms with E-state index in [9.17, 15) is 14.0 Å². The van der Waals surface area contributed by atoms with Crippen molar-refractivity contribution in [3.8, 4) is 0 Å². The Hall–Kier alpha value is -2.21. The molecule has 4 rings (SSSR count). The summed E-state index contributed by atoms with van der Waals surface area (Å²) in [7, 11) is 0. The predicted molar refractivity (Wildman–Crippen MR) is 100 cm³/mol. The summed E-state index contributed by atoms with van der Waals surface area (Å²) in [5, 5.41) is 6.65. The second-order valence-corrected chi connectivity index (χ2v) is 8.41. The first-order chi connectivity index (χ1) is 12.5. The summed E-state index contributed by atoms with van der Waals surface area (Å²) in [6.45, 7) is 2.42. The molecule has 0 aliphatic heterocycles. The molecular weight excluding hydrogens is 351 g/mol. The Bertz CT molecular complexity index is 851. The molecule has 2 saturated carbocycles. The number of carbonyl (C=O) groups excluding carboxylic acids is 2. The van der Waals surface area contributed by atoms with Crippen LogP contribution in [0.4, 0.5) is 9.39 Å². The van der Waals surface area contributed by atoms with Crippen molar-refractivity contribution < 1.29 is 14.0 Å². The van der Waals surface area contributed by atoms with Crippen molar-refractivity contribution in [3.05, 3.63) is 52.2 Å². The highest BCUT2D eigenvalue weighted by atomic mass is 32.1. The highest BCUT2D eigenvalue weighted by Gasteiger charge is 2.44. The lowest BCUT2D eigenvalue weighted by Crippen LogP contribution is -2.32. The topological polar surface area (TPSA) is 58.2 Å². The number of aryl methyl sites for hydroxylation is 1. The van der Waals surface area contributed by atoms with Gasteiger partial charge in [0.25, 0.3) is 5.91 Å². The molecule has 0 saturated heterocycles. The lowest BCUT2D eigenvalue weighted by Gasteiger charge is -2.16. The Morgan fingerprint density at radius 3 is 2.54 bits per heavy atom. The Morgan fingerprint density at radius 1 is 1.23 bits per heavy atom. The standard InChI is InChI=1S/C20H21FN2O2S/c1-12-10-16(23-18(24)13-2-3-13)26-17(12)19(25)22-11-20(8-9-20)14-4-6-15(21)7-5-14/h4-7,10,13H,2-3,8-9,11H2,1H3,(H,22,25)(H,23,24). The van der Waals surface area contributed by atoms with Gasteiger partial charge in [-0.3, -0.25) is 9.59 Å². The van der Waals surface area contributed by atoms with E-state index in [1.165, 1.54) is 23.5 Å². The van der Waals surface area contributed by atoms with Crippen LogP contribution < -0.4 is 10.6 Å². The summed E-state index contributed by atoms with van der Waals surface area (Å²) in [6.07, 6.45) is 3.89. The molecule has 0 spiro atoms. The fraction of sp³-hybridized carbons (Fsp3) is 0.400. The van der Waals surface area contributed by atoms with Gasteiger partial charge in [-0.1, -0.05) is 12.1 Å². The molecule has 2 aromatic rings. The van der Waals surface area contributed by atoms with Crippen molar-refractivity contribution in [2.45, 2.75) is 38.0 Å². The van der Waals surface area contributed by atoms with Crippen molar-refractivity contribution in [1.82, 2.24) is 5.32 Å². The molecule has 0 bridgehead atoms. The first-order valence-corrected chi connectivity index (χ1v) is 9.74. The van der Waals surface area contributed by atoms with Crippen molar-refractivity contribution in [1.29, 1.82) is 0 Å². The Balaban J connectivity index is 1.39. The van der Waals surface area contributed by atoms with Crippen LogP contribution in [0.1, 0.15) is 46.5 Å². The van der Waals surface area contributed by atoms with Crippen LogP contribution in [-0.2, 0) is 10.2 Å². The monoisotopic (exact) mass is 372 g/mol. The largest absolute Gasteiger partial charge is 0.350 e. The molecule has 0 radical (unpaired) electrons. The summed E-state index contributed by atoms with van der Waals surface area (Å²) in [6, 6.07) is 8.39. The summed E-state index contributed by atoms with van der Waals surface area (Å²) >= 11 is 1.32. The summed E-state index contributed by atoms with van der Waals surface area (Å²) in [4.78, 5) is 25.1. The van der Waals surface area contributed by atoms with Crippen LogP contribution in [0, 0.1) is 18.7 Å². The second kappa shape index (κ2) is 6.50. The number of halogens is 1. The second-order valence-electron chi connectivity index (χ2n) is 7.36. The van der Waals surface area contributed by atoms with E-state index in [2.05, 4.69) is 10.6 Å². The number of nitrogens with one attached hydrogen (secondary N) is 2. The maximum absolute atomic E-state index is 13.1. The minimum Gasteiger partial charge on any atom is -0.350 e. The maximum Gasteiger partial charge on any atom is 0.261 e. The van der Waals surface area contributed by atoms with E-state index in [1.54, 1.807) is 12.1 Å². The van der Waals surface area contributed by atoms with Crippen molar-refractivity contribution >= 4 is 28.2 Å². The number of carbonyl (C=O) groups is 2. The average Bonchev–Trinajstić information content (AvgIpc) is 3.52. The molecule has 1 aromatic heterocycles. The molecule has 2 aliphatic carbocycles. The number of benzene rings is 1. The molecular formula is C20H21FN2O2S. The molecule has 6 heteroatoms. The highest BCUT2D eigenvalue weighted by molar-refractivity contribution is 7.18. The Kier molecular flexibility index (Phi) is 4.31. The van der Waals surface area contributed by atoms with Crippen molar-refractivity contribution in [2.75, 3.05) is 11.9 Å². The third-order valence-corrected chi connectivity index (χ3v) is 6.37. The van der Waals surface area contributed by atoms with Gasteiger partial charge in [0.1, 0.15) is 5.82 Å². The molecule has 0 atom stereocenters. The zero-order valence-electron chi connectivity index (χ0n) is 14.6. The van der Waals surface area contributed by atoms with Gasteiger partial charge in [0, 0.05) is 17.9 Å². The van der Waals surface area contributed by atoms with E-state index in [0.717, 1.165) is 41.8 Å². The number of rotatable bonds is 6. The SMILES string of the molecule is Cc1cc(NC(=O)C2CC2)sc1C(=O)NCC1(c2ccc(F)cc2)CC1. The van der Waals surface area contributed by atoms with Gasteiger partial charge in [0.05, 0.1) is 9.88 Å². The highest BCUT2D eigenvalue weighted by Crippen LogP contribution is 2.47. The molecule has 4 nitrogen and oxygen atoms in total. The van der Waals surface area contributed by atoms with E-state index < -0.39 is 0 Å². The number of anilines is 1. The predicted octanol–water partition coefficient (Wildman–Crippen LogP) is 4.01. The van der Waals surface area contributed by atoms with Gasteiger partial charge >= 0.3 is 0 Å². The fourth-order valence-corrected chi connectivity index (χ4v) is 4.18. The van der Waals surface area contributed by atoms with Gasteiger partial charge in [0.2, 0.25) is 5.91 Å². The molecule has 2 amide bonds. The van der Waals surface area contributed by atoms with Gasteiger partial charge < -0.3 is 10.6 Å². The number of hydrogen-bond donors (Lipinski definition) is 2. The first kappa shape index (κ1) is 17.2. The number of hydrogen-bond acceptors (Lipinski definition) is 3. The van der Waals surface area contributed by atoms with Gasteiger partial charge in [-0.25, -0.2) is 4.39 Å². The normalized spacial score (nSPS) is 17.6. The quantitative estimate of drug-likeness (QED) is 0.805. The Labute approximate surface area is 155 Å². The smallest absolute Gasteiger partial charge is 0.261 e. The van der Waals surface area contributed by atoms with Gasteiger partial charge in [-0.15, -0.1) is 11.3 Å². The summed E-state index contributed by atoms with van der Waals surface area (Å²) in [5.41, 5.74) is 1.86. The lowest BCUT2D eigenvalue weighted by molar-refractivity contribution is -0.117. The molecule has 2 N–H and O–H groups in total. The minimum absolute atomic E-state index is 0.0476. The van der Waals surface area contributed by atoms with Crippen LogP contribution >= 0.6 is 11.3 Å². The van der Waals surface area contributed by atoms with E-state index in [1.807, 2.05) is 13.0 Å². The van der Waals surface area contributed by atoms with Crippen LogP contribution in [-0.4, -0.2) is 18.4 Å². The average molecular weight is 372 g/mol. The molecule has 0 unspecified atom stereocenters. The van der Waals surface area contributed by atoms with E-state index in [4.69, 9.17) is 0 Å². The van der Waals surface area contributed by atoms with E-state index >= 15 is 0 Å². The van der Waals surface area contributed by atoms with Gasteiger partial charge in [0.15, 0.2) is 0 Å².